The highest BCUT2D eigenvalue weighted by atomic mass is 32.2. The highest BCUT2D eigenvalue weighted by Gasteiger charge is 2.19. The molecule has 0 radical (unpaired) electrons. The van der Waals surface area contributed by atoms with E-state index in [4.69, 9.17) is 0 Å². The minimum absolute atomic E-state index is 0.127. The van der Waals surface area contributed by atoms with Gasteiger partial charge in [0.2, 0.25) is 0 Å². The molecule has 0 aromatic carbocycles. The summed E-state index contributed by atoms with van der Waals surface area (Å²) in [6.45, 7) is 12.0. The zero-order valence-corrected chi connectivity index (χ0v) is 39.4. The largest absolute Gasteiger partial charge is 0.392 e. The molecule has 0 aliphatic carbocycles. The predicted octanol–water partition coefficient (Wildman–Crippen LogP) is 10.9. The van der Waals surface area contributed by atoms with Crippen molar-refractivity contribution in [3.05, 3.63) is 0 Å². The van der Waals surface area contributed by atoms with Gasteiger partial charge in [-0.05, 0) is 25.7 Å². The zero-order chi connectivity index (χ0) is 42.2. The van der Waals surface area contributed by atoms with Crippen molar-refractivity contribution in [2.24, 2.45) is 0 Å². The molecule has 4 N–H and O–H groups in total. The number of carbonyl (C=O) groups excluding carboxylic acids is 2. The summed E-state index contributed by atoms with van der Waals surface area (Å²) >= 11 is 2.35. The van der Waals surface area contributed by atoms with E-state index in [9.17, 15) is 30.0 Å². The van der Waals surface area contributed by atoms with Crippen molar-refractivity contribution in [1.29, 1.82) is 0 Å². The zero-order valence-electron chi connectivity index (χ0n) is 37.8. The number of hydrogen-bond acceptors (Lipinski definition) is 10. The molecule has 0 fully saturated rings. The van der Waals surface area contributed by atoms with Crippen LogP contribution in [0.4, 0.5) is 0 Å². The van der Waals surface area contributed by atoms with E-state index in [0.717, 1.165) is 77.0 Å². The SMILES string of the molecule is CCCCCCCCC(O)CN(CCSC(=O)CC(=O)SCCN(CC(O)CCCCCCCC)CC(O)CCCCCCCC)CC(O)CCCCCCCC. The number of hydrogen-bond donors (Lipinski definition) is 4. The van der Waals surface area contributed by atoms with Gasteiger partial charge in [-0.25, -0.2) is 0 Å². The van der Waals surface area contributed by atoms with Gasteiger partial charge in [0.05, 0.1) is 30.8 Å². The lowest BCUT2D eigenvalue weighted by Crippen LogP contribution is -2.39. The van der Waals surface area contributed by atoms with Gasteiger partial charge in [-0.15, -0.1) is 0 Å². The molecular weight excluding hydrogens is 753 g/mol. The molecule has 4 unspecified atom stereocenters. The van der Waals surface area contributed by atoms with Crippen molar-refractivity contribution in [1.82, 2.24) is 9.80 Å². The third-order valence-electron chi connectivity index (χ3n) is 11.1. The standard InChI is InChI=1S/C47H94N2O6S2/c1-5-9-13-17-21-25-29-42(50)38-48(39-43(51)30-26-22-18-14-10-6-2)33-35-56-46(54)37-47(55)57-36-34-49(40-44(52)31-27-23-19-15-11-7-3)41-45(53)32-28-24-20-16-12-8-4/h42-45,50-53H,5-41H2,1-4H3. The van der Waals surface area contributed by atoms with Crippen LogP contribution in [0.15, 0.2) is 0 Å². The quantitative estimate of drug-likeness (QED) is 0.0348. The lowest BCUT2D eigenvalue weighted by atomic mass is 10.1. The fourth-order valence-corrected chi connectivity index (χ4v) is 9.22. The second-order valence-corrected chi connectivity index (χ2v) is 19.3. The maximum absolute atomic E-state index is 12.9. The van der Waals surface area contributed by atoms with Crippen LogP contribution in [0.25, 0.3) is 0 Å². The predicted molar refractivity (Wildman–Crippen MR) is 248 cm³/mol. The molecule has 10 heteroatoms. The molecule has 0 spiro atoms. The first kappa shape index (κ1) is 56.8. The fourth-order valence-electron chi connectivity index (χ4n) is 7.51. The molecule has 8 nitrogen and oxygen atoms in total. The van der Waals surface area contributed by atoms with Gasteiger partial charge in [0, 0.05) is 50.8 Å². The van der Waals surface area contributed by atoms with Crippen LogP contribution in [0, 0.1) is 0 Å². The normalized spacial score (nSPS) is 14.1. The van der Waals surface area contributed by atoms with Gasteiger partial charge in [-0.2, -0.15) is 0 Å². The molecular formula is C47H94N2O6S2. The van der Waals surface area contributed by atoms with Gasteiger partial charge in [-0.1, -0.05) is 205 Å². The summed E-state index contributed by atoms with van der Waals surface area (Å²) in [6.07, 6.45) is 29.4. The first-order chi connectivity index (χ1) is 27.6. The molecule has 0 aromatic rings. The van der Waals surface area contributed by atoms with Gasteiger partial charge in [0.1, 0.15) is 0 Å². The van der Waals surface area contributed by atoms with E-state index in [-0.39, 0.29) is 16.7 Å². The fraction of sp³-hybridized carbons (Fsp3) is 0.957. The molecule has 340 valence electrons. The smallest absolute Gasteiger partial charge is 0.197 e. The number of rotatable bonds is 44. The second-order valence-electron chi connectivity index (χ2n) is 17.0. The van der Waals surface area contributed by atoms with Crippen LogP contribution in [-0.2, 0) is 9.59 Å². The van der Waals surface area contributed by atoms with Gasteiger partial charge < -0.3 is 20.4 Å². The average Bonchev–Trinajstić information content (AvgIpc) is 3.17. The minimum atomic E-state index is -0.455. The Morgan fingerprint density at radius 1 is 0.386 bits per heavy atom. The topological polar surface area (TPSA) is 122 Å². The highest BCUT2D eigenvalue weighted by molar-refractivity contribution is 8.15. The molecule has 0 aromatic heterocycles. The molecule has 0 rings (SSSR count). The second kappa shape index (κ2) is 42.5. The Morgan fingerprint density at radius 2 is 0.614 bits per heavy atom. The Morgan fingerprint density at radius 3 is 0.860 bits per heavy atom. The Kier molecular flexibility index (Phi) is 42.3. The van der Waals surface area contributed by atoms with Gasteiger partial charge in [0.15, 0.2) is 10.2 Å². The van der Waals surface area contributed by atoms with Crippen LogP contribution in [0.3, 0.4) is 0 Å². The molecule has 0 aliphatic rings. The number of aliphatic hydroxyl groups excluding tert-OH is 4. The van der Waals surface area contributed by atoms with E-state index >= 15 is 0 Å². The van der Waals surface area contributed by atoms with Gasteiger partial charge >= 0.3 is 0 Å². The first-order valence-electron chi connectivity index (χ1n) is 24.1. The number of thioether (sulfide) groups is 2. The third-order valence-corrected chi connectivity index (χ3v) is 12.8. The van der Waals surface area contributed by atoms with Crippen LogP contribution in [0.5, 0.6) is 0 Å². The van der Waals surface area contributed by atoms with Crippen LogP contribution < -0.4 is 0 Å². The van der Waals surface area contributed by atoms with E-state index in [0.29, 0.717) is 50.8 Å². The van der Waals surface area contributed by atoms with Crippen LogP contribution in [0.1, 0.15) is 214 Å². The van der Waals surface area contributed by atoms with E-state index in [1.807, 2.05) is 0 Å². The molecule has 0 heterocycles. The molecule has 4 atom stereocenters. The Balaban J connectivity index is 4.90. The minimum Gasteiger partial charge on any atom is -0.392 e. The highest BCUT2D eigenvalue weighted by Crippen LogP contribution is 2.17. The molecule has 0 saturated carbocycles. The molecule has 0 aliphatic heterocycles. The number of nitrogens with zero attached hydrogens (tertiary/aromatic N) is 2. The van der Waals surface area contributed by atoms with E-state index < -0.39 is 24.4 Å². The maximum atomic E-state index is 12.9. The van der Waals surface area contributed by atoms with Crippen molar-refractivity contribution in [3.63, 3.8) is 0 Å². The van der Waals surface area contributed by atoms with Crippen LogP contribution in [-0.4, -0.2) is 116 Å². The molecule has 0 bridgehead atoms. The van der Waals surface area contributed by atoms with Crippen LogP contribution in [0.2, 0.25) is 0 Å². The van der Waals surface area contributed by atoms with E-state index in [2.05, 4.69) is 37.5 Å². The summed E-state index contributed by atoms with van der Waals surface area (Å²) < 4.78 is 0. The summed E-state index contributed by atoms with van der Waals surface area (Å²) in [5, 5.41) is 43.1. The summed E-state index contributed by atoms with van der Waals surface area (Å²) in [6, 6.07) is 0. The van der Waals surface area contributed by atoms with Crippen molar-refractivity contribution >= 4 is 33.8 Å². The van der Waals surface area contributed by atoms with Gasteiger partial charge in [0.25, 0.3) is 0 Å². The average molecular weight is 847 g/mol. The Labute approximate surface area is 361 Å². The van der Waals surface area contributed by atoms with E-state index in [1.54, 1.807) is 0 Å². The van der Waals surface area contributed by atoms with Gasteiger partial charge in [-0.3, -0.25) is 19.4 Å². The summed E-state index contributed by atoms with van der Waals surface area (Å²) in [4.78, 5) is 30.0. The summed E-state index contributed by atoms with van der Waals surface area (Å²) in [5.41, 5.74) is 0. The van der Waals surface area contributed by atoms with Crippen LogP contribution >= 0.6 is 23.5 Å². The maximum Gasteiger partial charge on any atom is 0.197 e. The lowest BCUT2D eigenvalue weighted by molar-refractivity contribution is -0.117. The van der Waals surface area contributed by atoms with Crippen molar-refractivity contribution in [2.75, 3.05) is 50.8 Å². The number of aliphatic hydroxyl groups is 4. The Hall–Kier alpha value is -0.200. The summed E-state index contributed by atoms with van der Waals surface area (Å²) in [5.74, 6) is 1.04. The first-order valence-corrected chi connectivity index (χ1v) is 26.1. The third kappa shape index (κ3) is 39.7. The van der Waals surface area contributed by atoms with Crippen molar-refractivity contribution < 1.29 is 30.0 Å². The number of carbonyl (C=O) groups is 2. The monoisotopic (exact) mass is 847 g/mol. The van der Waals surface area contributed by atoms with E-state index in [1.165, 1.54) is 126 Å². The molecule has 57 heavy (non-hydrogen) atoms. The van der Waals surface area contributed by atoms with Crippen molar-refractivity contribution in [2.45, 2.75) is 238 Å². The lowest BCUT2D eigenvalue weighted by Gasteiger charge is -2.27. The van der Waals surface area contributed by atoms with Crippen molar-refractivity contribution in [3.8, 4) is 0 Å². The molecule has 0 amide bonds. The molecule has 0 saturated heterocycles. The Bertz CT molecular complexity index is 771. The number of unbranched alkanes of at least 4 members (excludes halogenated alkanes) is 20. The summed E-state index contributed by atoms with van der Waals surface area (Å²) in [7, 11) is 0.